The van der Waals surface area contributed by atoms with Crippen LogP contribution in [0.2, 0.25) is 5.02 Å². The summed E-state index contributed by atoms with van der Waals surface area (Å²) in [4.78, 5) is 7.36. The zero-order valence-corrected chi connectivity index (χ0v) is 13.1. The second kappa shape index (κ2) is 5.65. The van der Waals surface area contributed by atoms with Gasteiger partial charge in [0.25, 0.3) is 0 Å². The Kier molecular flexibility index (Phi) is 3.51. The lowest BCUT2D eigenvalue weighted by atomic mass is 10.1. The Hall–Kier alpha value is -2.00. The van der Waals surface area contributed by atoms with Gasteiger partial charge in [-0.3, -0.25) is 0 Å². The maximum atomic E-state index is 6.16. The first-order valence-electron chi connectivity index (χ1n) is 7.81. The Labute approximate surface area is 135 Å². The van der Waals surface area contributed by atoms with Crippen LogP contribution in [0.5, 0.6) is 0 Å². The number of anilines is 2. The third kappa shape index (κ3) is 2.46. The molecule has 0 saturated carbocycles. The van der Waals surface area contributed by atoms with Crippen molar-refractivity contribution in [1.29, 1.82) is 0 Å². The van der Waals surface area contributed by atoms with E-state index in [1.807, 2.05) is 18.2 Å². The highest BCUT2D eigenvalue weighted by Crippen LogP contribution is 2.36. The lowest BCUT2D eigenvalue weighted by molar-refractivity contribution is 0.343. The highest BCUT2D eigenvalue weighted by atomic mass is 35.5. The summed E-state index contributed by atoms with van der Waals surface area (Å²) >= 11 is 6.16. The van der Waals surface area contributed by atoms with E-state index in [9.17, 15) is 0 Å². The number of nitrogens with one attached hydrogen (secondary N) is 1. The Morgan fingerprint density at radius 3 is 2.64 bits per heavy atom. The number of likely N-dealkylation sites (tertiary alicyclic amines) is 1. The average molecular weight is 312 g/mol. The minimum Gasteiger partial charge on any atom is -0.356 e. The van der Waals surface area contributed by atoms with Crippen molar-refractivity contribution in [1.82, 2.24) is 4.90 Å². The number of halogens is 1. The molecule has 2 aliphatic heterocycles. The number of amidine groups is 1. The van der Waals surface area contributed by atoms with Crippen molar-refractivity contribution >= 4 is 34.5 Å². The molecule has 2 heterocycles. The molecule has 0 radical (unpaired) electrons. The molecule has 0 bridgehead atoms. The quantitative estimate of drug-likeness (QED) is 0.744. The fraction of sp³-hybridized carbons (Fsp3) is 0.278. The van der Waals surface area contributed by atoms with E-state index in [1.54, 1.807) is 0 Å². The van der Waals surface area contributed by atoms with Crippen molar-refractivity contribution in [2.75, 3.05) is 18.4 Å². The Morgan fingerprint density at radius 2 is 1.77 bits per heavy atom. The molecule has 0 amide bonds. The van der Waals surface area contributed by atoms with Crippen molar-refractivity contribution in [3.05, 3.63) is 53.1 Å². The van der Waals surface area contributed by atoms with E-state index in [1.165, 1.54) is 19.3 Å². The number of hydrogen-bond donors (Lipinski definition) is 1. The van der Waals surface area contributed by atoms with Crippen LogP contribution in [0.4, 0.5) is 17.1 Å². The molecule has 2 aromatic rings. The predicted molar refractivity (Wildman–Crippen MR) is 92.8 cm³/mol. The molecule has 4 rings (SSSR count). The summed E-state index contributed by atoms with van der Waals surface area (Å²) in [6.45, 7) is 2.14. The number of fused-ring (bicyclic) bond motifs is 2. The number of para-hydroxylation sites is 1. The van der Waals surface area contributed by atoms with Crippen LogP contribution in [0.25, 0.3) is 0 Å². The van der Waals surface area contributed by atoms with Gasteiger partial charge in [0, 0.05) is 29.4 Å². The SMILES string of the molecule is Clc1ccc2c(c1)N=C(N1CCCCC1)c1ccccc1N2. The first-order valence-corrected chi connectivity index (χ1v) is 8.19. The molecule has 4 heteroatoms. The lowest BCUT2D eigenvalue weighted by Gasteiger charge is -2.30. The van der Waals surface area contributed by atoms with Gasteiger partial charge in [0.2, 0.25) is 0 Å². The summed E-state index contributed by atoms with van der Waals surface area (Å²) in [5.74, 6) is 1.06. The molecule has 1 N–H and O–H groups in total. The van der Waals surface area contributed by atoms with Gasteiger partial charge in [-0.2, -0.15) is 0 Å². The van der Waals surface area contributed by atoms with Crippen molar-refractivity contribution in [2.45, 2.75) is 19.3 Å². The van der Waals surface area contributed by atoms with Crippen LogP contribution in [-0.4, -0.2) is 23.8 Å². The number of rotatable bonds is 0. The number of aliphatic imine (C=N–C) groups is 1. The van der Waals surface area contributed by atoms with Crippen LogP contribution in [0.15, 0.2) is 47.5 Å². The molecule has 0 aromatic heterocycles. The van der Waals surface area contributed by atoms with Gasteiger partial charge in [0.1, 0.15) is 5.84 Å². The van der Waals surface area contributed by atoms with E-state index in [4.69, 9.17) is 16.6 Å². The van der Waals surface area contributed by atoms with Gasteiger partial charge in [0.15, 0.2) is 0 Å². The van der Waals surface area contributed by atoms with Crippen LogP contribution < -0.4 is 5.32 Å². The summed E-state index contributed by atoms with van der Waals surface area (Å²) in [6, 6.07) is 14.2. The van der Waals surface area contributed by atoms with Crippen molar-refractivity contribution in [2.24, 2.45) is 4.99 Å². The molecule has 1 fully saturated rings. The molecule has 3 nitrogen and oxygen atoms in total. The van der Waals surface area contributed by atoms with Crippen LogP contribution in [0.1, 0.15) is 24.8 Å². The van der Waals surface area contributed by atoms with E-state index >= 15 is 0 Å². The summed E-state index contributed by atoms with van der Waals surface area (Å²) in [5, 5.41) is 4.22. The summed E-state index contributed by atoms with van der Waals surface area (Å²) in [6.07, 6.45) is 3.78. The number of benzene rings is 2. The third-order valence-electron chi connectivity index (χ3n) is 4.28. The second-order valence-electron chi connectivity index (χ2n) is 5.82. The molecular weight excluding hydrogens is 294 g/mol. The molecule has 0 spiro atoms. The van der Waals surface area contributed by atoms with Gasteiger partial charge < -0.3 is 10.2 Å². The van der Waals surface area contributed by atoms with Crippen molar-refractivity contribution in [3.63, 3.8) is 0 Å². The Bertz CT molecular complexity index is 733. The first kappa shape index (κ1) is 13.6. The average Bonchev–Trinajstić information content (AvgIpc) is 2.72. The summed E-state index contributed by atoms with van der Waals surface area (Å²) in [5.41, 5.74) is 4.18. The molecule has 2 aliphatic rings. The zero-order chi connectivity index (χ0) is 14.9. The number of piperidine rings is 1. The van der Waals surface area contributed by atoms with Gasteiger partial charge in [-0.05, 0) is 49.6 Å². The van der Waals surface area contributed by atoms with E-state index in [0.29, 0.717) is 5.02 Å². The molecule has 0 unspecified atom stereocenters. The highest BCUT2D eigenvalue weighted by Gasteiger charge is 2.22. The molecule has 0 atom stereocenters. The molecule has 1 saturated heterocycles. The van der Waals surface area contributed by atoms with Gasteiger partial charge in [-0.15, -0.1) is 0 Å². The Morgan fingerprint density at radius 1 is 0.955 bits per heavy atom. The minimum atomic E-state index is 0.716. The van der Waals surface area contributed by atoms with Gasteiger partial charge in [-0.1, -0.05) is 23.7 Å². The molecule has 112 valence electrons. The van der Waals surface area contributed by atoms with Crippen molar-refractivity contribution in [3.8, 4) is 0 Å². The summed E-state index contributed by atoms with van der Waals surface area (Å²) in [7, 11) is 0. The monoisotopic (exact) mass is 311 g/mol. The maximum absolute atomic E-state index is 6.16. The predicted octanol–water partition coefficient (Wildman–Crippen LogP) is 4.96. The minimum absolute atomic E-state index is 0.716. The van der Waals surface area contributed by atoms with Crippen LogP contribution >= 0.6 is 11.6 Å². The van der Waals surface area contributed by atoms with Gasteiger partial charge >= 0.3 is 0 Å². The van der Waals surface area contributed by atoms with Gasteiger partial charge in [-0.25, -0.2) is 4.99 Å². The molecule has 22 heavy (non-hydrogen) atoms. The second-order valence-corrected chi connectivity index (χ2v) is 6.25. The third-order valence-corrected chi connectivity index (χ3v) is 4.51. The topological polar surface area (TPSA) is 27.6 Å². The maximum Gasteiger partial charge on any atom is 0.138 e. The van der Waals surface area contributed by atoms with Gasteiger partial charge in [0.05, 0.1) is 11.4 Å². The van der Waals surface area contributed by atoms with Crippen molar-refractivity contribution < 1.29 is 0 Å². The zero-order valence-electron chi connectivity index (χ0n) is 12.3. The van der Waals surface area contributed by atoms with E-state index in [-0.39, 0.29) is 0 Å². The number of nitrogens with zero attached hydrogens (tertiary/aromatic N) is 2. The largest absolute Gasteiger partial charge is 0.356 e. The lowest BCUT2D eigenvalue weighted by Crippen LogP contribution is -2.36. The highest BCUT2D eigenvalue weighted by molar-refractivity contribution is 6.31. The standard InChI is InChI=1S/C18H18ClN3/c19-13-8-9-16-17(12-13)21-18(22-10-4-1-5-11-22)14-6-2-3-7-15(14)20-16/h2-3,6-9,12,20H,1,4-5,10-11H2. The number of hydrogen-bond acceptors (Lipinski definition) is 3. The molecular formula is C18H18ClN3. The Balaban J connectivity index is 1.88. The van der Waals surface area contributed by atoms with E-state index in [0.717, 1.165) is 41.6 Å². The van der Waals surface area contributed by atoms with E-state index < -0.39 is 0 Å². The molecule has 2 aromatic carbocycles. The first-order chi connectivity index (χ1) is 10.8. The van der Waals surface area contributed by atoms with Crippen LogP contribution in [0, 0.1) is 0 Å². The summed E-state index contributed by atoms with van der Waals surface area (Å²) < 4.78 is 0. The molecule has 0 aliphatic carbocycles. The van der Waals surface area contributed by atoms with Crippen LogP contribution in [-0.2, 0) is 0 Å². The van der Waals surface area contributed by atoms with E-state index in [2.05, 4.69) is 34.5 Å². The normalized spacial score (nSPS) is 17.0. The fourth-order valence-electron chi connectivity index (χ4n) is 3.16. The smallest absolute Gasteiger partial charge is 0.138 e. The van der Waals surface area contributed by atoms with Crippen LogP contribution in [0.3, 0.4) is 0 Å². The fourth-order valence-corrected chi connectivity index (χ4v) is 3.32.